The van der Waals surface area contributed by atoms with E-state index in [1.54, 1.807) is 0 Å². The van der Waals surface area contributed by atoms with Crippen LogP contribution in [-0.2, 0) is 0 Å². The third-order valence-electron chi connectivity index (χ3n) is 3.22. The van der Waals surface area contributed by atoms with Crippen molar-refractivity contribution in [3.63, 3.8) is 0 Å². The summed E-state index contributed by atoms with van der Waals surface area (Å²) in [6.07, 6.45) is 3.56. The van der Waals surface area contributed by atoms with E-state index in [1.807, 2.05) is 6.92 Å². The van der Waals surface area contributed by atoms with E-state index in [1.165, 1.54) is 0 Å². The molecule has 1 saturated heterocycles. The normalized spacial score (nSPS) is 30.9. The van der Waals surface area contributed by atoms with Crippen molar-refractivity contribution >= 4 is 17.2 Å². The zero-order chi connectivity index (χ0) is 11.5. The van der Waals surface area contributed by atoms with Crippen molar-refractivity contribution in [1.29, 1.82) is 0 Å². The maximum absolute atomic E-state index is 9.96. The quantitative estimate of drug-likeness (QED) is 0.717. The molecule has 0 bridgehead atoms. The maximum Gasteiger partial charge on any atom is 0.0742 e. The second-order valence-corrected chi connectivity index (χ2v) is 5.43. The summed E-state index contributed by atoms with van der Waals surface area (Å²) in [4.78, 5) is 2.96. The fraction of sp³-hybridized carbons (Fsp3) is 0.909. The fourth-order valence-electron chi connectivity index (χ4n) is 2.15. The van der Waals surface area contributed by atoms with Gasteiger partial charge in [0.25, 0.3) is 0 Å². The van der Waals surface area contributed by atoms with Crippen LogP contribution < -0.4 is 5.73 Å². The van der Waals surface area contributed by atoms with E-state index in [2.05, 4.69) is 11.8 Å². The number of aliphatic hydroxyl groups is 1. The Morgan fingerprint density at radius 3 is 2.80 bits per heavy atom. The Balaban J connectivity index is 2.46. The first-order valence-electron chi connectivity index (χ1n) is 5.65. The lowest BCUT2D eigenvalue weighted by molar-refractivity contribution is 0.0435. The molecule has 1 fully saturated rings. The number of thiocarbonyl (C=S) groups is 1. The topological polar surface area (TPSA) is 49.5 Å². The highest BCUT2D eigenvalue weighted by Crippen LogP contribution is 2.22. The van der Waals surface area contributed by atoms with Gasteiger partial charge in [-0.15, -0.1) is 0 Å². The summed E-state index contributed by atoms with van der Waals surface area (Å²) < 4.78 is 0. The van der Waals surface area contributed by atoms with Crippen LogP contribution in [0.2, 0.25) is 0 Å². The van der Waals surface area contributed by atoms with Gasteiger partial charge in [-0.3, -0.25) is 0 Å². The molecule has 0 aliphatic carbocycles. The number of rotatable bonds is 3. The Morgan fingerprint density at radius 2 is 2.20 bits per heavy atom. The summed E-state index contributed by atoms with van der Waals surface area (Å²) >= 11 is 4.92. The van der Waals surface area contributed by atoms with E-state index in [9.17, 15) is 5.11 Å². The molecule has 1 aliphatic rings. The first-order chi connectivity index (χ1) is 6.91. The van der Waals surface area contributed by atoms with Gasteiger partial charge in [0.15, 0.2) is 0 Å². The zero-order valence-corrected chi connectivity index (χ0v) is 10.5. The van der Waals surface area contributed by atoms with Gasteiger partial charge in [-0.1, -0.05) is 12.2 Å². The molecule has 0 aromatic heterocycles. The minimum absolute atomic E-state index is 0.399. The number of hydrogen-bond acceptors (Lipinski definition) is 3. The molecule has 0 aromatic rings. The second kappa shape index (κ2) is 5.23. The lowest BCUT2D eigenvalue weighted by atomic mass is 9.98. The highest BCUT2D eigenvalue weighted by molar-refractivity contribution is 7.80. The molecule has 0 spiro atoms. The smallest absolute Gasteiger partial charge is 0.0742 e. The third-order valence-corrected chi connectivity index (χ3v) is 3.38. The average Bonchev–Trinajstić information content (AvgIpc) is 2.25. The lowest BCUT2D eigenvalue weighted by Crippen LogP contribution is -2.37. The maximum atomic E-state index is 9.96. The molecular weight excluding hydrogens is 208 g/mol. The molecule has 0 aromatic carbocycles. The summed E-state index contributed by atoms with van der Waals surface area (Å²) in [6.45, 7) is 6.06. The fourth-order valence-corrected chi connectivity index (χ4v) is 2.39. The highest BCUT2D eigenvalue weighted by atomic mass is 32.1. The monoisotopic (exact) mass is 230 g/mol. The molecule has 4 heteroatoms. The summed E-state index contributed by atoms with van der Waals surface area (Å²) in [5.41, 5.74) is 5.06. The molecule has 2 atom stereocenters. The molecule has 1 aliphatic heterocycles. The molecule has 1 rings (SSSR count). The predicted octanol–water partition coefficient (Wildman–Crippen LogP) is 1.29. The number of nitrogens with zero attached hydrogens (tertiary/aromatic N) is 1. The van der Waals surface area contributed by atoms with Crippen LogP contribution in [0.25, 0.3) is 0 Å². The van der Waals surface area contributed by atoms with E-state index in [-0.39, 0.29) is 0 Å². The van der Waals surface area contributed by atoms with Gasteiger partial charge in [0.1, 0.15) is 0 Å². The van der Waals surface area contributed by atoms with Gasteiger partial charge < -0.3 is 15.7 Å². The van der Waals surface area contributed by atoms with Gasteiger partial charge in [0, 0.05) is 19.0 Å². The van der Waals surface area contributed by atoms with E-state index in [4.69, 9.17) is 18.0 Å². The van der Waals surface area contributed by atoms with Crippen molar-refractivity contribution in [2.24, 2.45) is 5.73 Å². The summed E-state index contributed by atoms with van der Waals surface area (Å²) in [5, 5.41) is 9.96. The first kappa shape index (κ1) is 12.9. The standard InChI is InChI=1S/C11H22N2OS/c1-9(8-10(12)15)13-6-3-4-11(2,14)5-7-13/h9,14H,3-8H2,1-2H3,(H2,12,15). The Hall–Kier alpha value is -0.190. The number of likely N-dealkylation sites (tertiary alicyclic amines) is 1. The summed E-state index contributed by atoms with van der Waals surface area (Å²) in [5.74, 6) is 0. The SMILES string of the molecule is CC(CC(N)=S)N1CCCC(C)(O)CC1. The van der Waals surface area contributed by atoms with Gasteiger partial charge >= 0.3 is 0 Å². The molecule has 0 radical (unpaired) electrons. The van der Waals surface area contributed by atoms with Gasteiger partial charge in [-0.25, -0.2) is 0 Å². The molecule has 3 N–H and O–H groups in total. The molecule has 88 valence electrons. The largest absolute Gasteiger partial charge is 0.393 e. The average molecular weight is 230 g/mol. The van der Waals surface area contributed by atoms with Crippen LogP contribution in [0.3, 0.4) is 0 Å². The van der Waals surface area contributed by atoms with Crippen LogP contribution in [0.4, 0.5) is 0 Å². The molecule has 15 heavy (non-hydrogen) atoms. The van der Waals surface area contributed by atoms with E-state index < -0.39 is 5.60 Å². The zero-order valence-electron chi connectivity index (χ0n) is 9.70. The molecule has 0 saturated carbocycles. The van der Waals surface area contributed by atoms with Crippen molar-refractivity contribution in [1.82, 2.24) is 4.90 Å². The van der Waals surface area contributed by atoms with Crippen LogP contribution in [-0.4, -0.2) is 39.7 Å². The van der Waals surface area contributed by atoms with Crippen LogP contribution in [0.1, 0.15) is 39.5 Å². The van der Waals surface area contributed by atoms with Gasteiger partial charge in [-0.2, -0.15) is 0 Å². The van der Waals surface area contributed by atoms with Crippen LogP contribution >= 0.6 is 12.2 Å². The van der Waals surface area contributed by atoms with Crippen molar-refractivity contribution in [2.45, 2.75) is 51.2 Å². The first-order valence-corrected chi connectivity index (χ1v) is 6.06. The Morgan fingerprint density at radius 1 is 1.53 bits per heavy atom. The Bertz CT molecular complexity index is 231. The van der Waals surface area contributed by atoms with Crippen LogP contribution in [0.5, 0.6) is 0 Å². The third kappa shape index (κ3) is 4.45. The number of hydrogen-bond donors (Lipinski definition) is 2. The van der Waals surface area contributed by atoms with Gasteiger partial charge in [0.05, 0.1) is 10.6 Å². The van der Waals surface area contributed by atoms with Crippen LogP contribution in [0, 0.1) is 0 Å². The minimum atomic E-state index is -0.488. The molecule has 0 amide bonds. The Labute approximate surface area is 97.6 Å². The number of nitrogens with two attached hydrogens (primary N) is 1. The van der Waals surface area contributed by atoms with Crippen molar-refractivity contribution in [2.75, 3.05) is 13.1 Å². The highest BCUT2D eigenvalue weighted by Gasteiger charge is 2.26. The molecule has 3 nitrogen and oxygen atoms in total. The summed E-state index contributed by atoms with van der Waals surface area (Å²) in [7, 11) is 0. The second-order valence-electron chi connectivity index (χ2n) is 4.91. The van der Waals surface area contributed by atoms with Crippen molar-refractivity contribution in [3.8, 4) is 0 Å². The molecule has 1 heterocycles. The molecular formula is C11H22N2OS. The predicted molar refractivity (Wildman–Crippen MR) is 66.9 cm³/mol. The van der Waals surface area contributed by atoms with Gasteiger partial charge in [-0.05, 0) is 39.7 Å². The Kier molecular flexibility index (Phi) is 4.49. The van der Waals surface area contributed by atoms with E-state index in [0.717, 1.165) is 38.8 Å². The molecule has 2 unspecified atom stereocenters. The van der Waals surface area contributed by atoms with E-state index >= 15 is 0 Å². The summed E-state index contributed by atoms with van der Waals surface area (Å²) in [6, 6.07) is 0.399. The lowest BCUT2D eigenvalue weighted by Gasteiger charge is -2.27. The van der Waals surface area contributed by atoms with Crippen molar-refractivity contribution in [3.05, 3.63) is 0 Å². The van der Waals surface area contributed by atoms with Gasteiger partial charge in [0.2, 0.25) is 0 Å². The minimum Gasteiger partial charge on any atom is -0.393 e. The van der Waals surface area contributed by atoms with E-state index in [0.29, 0.717) is 11.0 Å². The van der Waals surface area contributed by atoms with Crippen molar-refractivity contribution < 1.29 is 5.11 Å². The van der Waals surface area contributed by atoms with Crippen LogP contribution in [0.15, 0.2) is 0 Å².